The van der Waals surface area contributed by atoms with E-state index in [1.165, 1.54) is 0 Å². The highest BCUT2D eigenvalue weighted by Crippen LogP contribution is 2.38. The second-order valence-corrected chi connectivity index (χ2v) is 6.19. The number of aliphatic hydroxyl groups excluding tert-OH is 1. The van der Waals surface area contributed by atoms with Crippen molar-refractivity contribution in [2.24, 2.45) is 0 Å². The third-order valence-electron chi connectivity index (χ3n) is 4.78. The molecule has 6 nitrogen and oxygen atoms in total. The van der Waals surface area contributed by atoms with Crippen molar-refractivity contribution in [3.63, 3.8) is 0 Å². The second kappa shape index (κ2) is 4.18. The van der Waals surface area contributed by atoms with Gasteiger partial charge in [0.15, 0.2) is 0 Å². The lowest BCUT2D eigenvalue weighted by Gasteiger charge is -2.60. The number of piperazine rings is 1. The Labute approximate surface area is 112 Å². The number of rotatable bonds is 0. The van der Waals surface area contributed by atoms with Crippen molar-refractivity contribution in [1.29, 1.82) is 0 Å². The van der Waals surface area contributed by atoms with Gasteiger partial charge in [-0.3, -0.25) is 14.5 Å². The van der Waals surface area contributed by atoms with Gasteiger partial charge in [-0.1, -0.05) is 0 Å². The van der Waals surface area contributed by atoms with Gasteiger partial charge in [0.2, 0.25) is 11.8 Å². The Kier molecular flexibility index (Phi) is 2.83. The summed E-state index contributed by atoms with van der Waals surface area (Å²) < 4.78 is 0. The third kappa shape index (κ3) is 1.94. The Morgan fingerprint density at radius 1 is 1.05 bits per heavy atom. The molecular formula is C13H21N3O3. The lowest BCUT2D eigenvalue weighted by Crippen LogP contribution is -2.78. The first-order valence-corrected chi connectivity index (χ1v) is 6.87. The fraction of sp³-hybridized carbons (Fsp3) is 0.846. The first-order valence-electron chi connectivity index (χ1n) is 6.87. The number of β-amino-alcohol motifs (C(OH)–C–C–N with tert-alkyl or cyclic N) is 1. The molecule has 0 aromatic heterocycles. The molecule has 0 aromatic rings. The molecule has 1 spiro atoms. The first-order chi connectivity index (χ1) is 8.91. The number of nitrogens with zero attached hydrogens (tertiary/aromatic N) is 3. The van der Waals surface area contributed by atoms with Crippen LogP contribution in [0.4, 0.5) is 0 Å². The molecule has 0 bridgehead atoms. The lowest BCUT2D eigenvalue weighted by molar-refractivity contribution is -0.159. The summed E-state index contributed by atoms with van der Waals surface area (Å²) in [5.74, 6) is 0.170. The van der Waals surface area contributed by atoms with Gasteiger partial charge in [0, 0.05) is 52.6 Å². The zero-order valence-corrected chi connectivity index (χ0v) is 11.5. The molecule has 0 radical (unpaired) electrons. The molecule has 19 heavy (non-hydrogen) atoms. The molecular weight excluding hydrogens is 246 g/mol. The summed E-state index contributed by atoms with van der Waals surface area (Å²) in [5, 5.41) is 9.89. The van der Waals surface area contributed by atoms with E-state index in [1.807, 2.05) is 9.80 Å². The highest BCUT2D eigenvalue weighted by molar-refractivity contribution is 5.76. The summed E-state index contributed by atoms with van der Waals surface area (Å²) in [4.78, 5) is 29.1. The van der Waals surface area contributed by atoms with Crippen LogP contribution < -0.4 is 0 Å². The Balaban J connectivity index is 1.81. The summed E-state index contributed by atoms with van der Waals surface area (Å²) in [7, 11) is 0. The van der Waals surface area contributed by atoms with E-state index in [0.717, 1.165) is 6.42 Å². The number of fused-ring (bicyclic) bond motifs is 2. The number of likely N-dealkylation sites (tertiary alicyclic amines) is 1. The van der Waals surface area contributed by atoms with Crippen molar-refractivity contribution in [3.8, 4) is 0 Å². The fourth-order valence-corrected chi connectivity index (χ4v) is 3.82. The van der Waals surface area contributed by atoms with Crippen LogP contribution in [0.1, 0.15) is 20.3 Å². The summed E-state index contributed by atoms with van der Waals surface area (Å²) in [5.41, 5.74) is -0.127. The van der Waals surface area contributed by atoms with Crippen LogP contribution in [0.25, 0.3) is 0 Å². The maximum Gasteiger partial charge on any atom is 0.219 e. The van der Waals surface area contributed by atoms with Crippen LogP contribution in [0, 0.1) is 0 Å². The Morgan fingerprint density at radius 3 is 2.21 bits per heavy atom. The van der Waals surface area contributed by atoms with Crippen molar-refractivity contribution < 1.29 is 14.7 Å². The van der Waals surface area contributed by atoms with Gasteiger partial charge in [0.25, 0.3) is 0 Å². The van der Waals surface area contributed by atoms with Crippen LogP contribution in [0.2, 0.25) is 0 Å². The molecule has 3 saturated heterocycles. The quantitative estimate of drug-likeness (QED) is 0.604. The molecule has 0 saturated carbocycles. The van der Waals surface area contributed by atoms with Gasteiger partial charge in [0.05, 0.1) is 11.6 Å². The maximum absolute atomic E-state index is 11.7. The highest BCUT2D eigenvalue weighted by atomic mass is 16.3. The summed E-state index contributed by atoms with van der Waals surface area (Å²) in [6.45, 7) is 6.57. The van der Waals surface area contributed by atoms with Gasteiger partial charge in [-0.25, -0.2) is 0 Å². The minimum atomic E-state index is -0.305. The topological polar surface area (TPSA) is 64.1 Å². The molecule has 0 aromatic carbocycles. The van der Waals surface area contributed by atoms with Crippen LogP contribution in [-0.2, 0) is 9.59 Å². The van der Waals surface area contributed by atoms with E-state index in [4.69, 9.17) is 0 Å². The highest BCUT2D eigenvalue weighted by Gasteiger charge is 2.57. The van der Waals surface area contributed by atoms with E-state index >= 15 is 0 Å². The van der Waals surface area contributed by atoms with E-state index in [1.54, 1.807) is 13.8 Å². The van der Waals surface area contributed by atoms with Gasteiger partial charge in [0.1, 0.15) is 0 Å². The van der Waals surface area contributed by atoms with Crippen LogP contribution >= 0.6 is 0 Å². The van der Waals surface area contributed by atoms with Crippen molar-refractivity contribution in [3.05, 3.63) is 0 Å². The molecule has 0 unspecified atom stereocenters. The number of aliphatic hydroxyl groups is 1. The molecule has 0 aliphatic carbocycles. The summed E-state index contributed by atoms with van der Waals surface area (Å²) in [6.07, 6.45) is 0.422. The van der Waals surface area contributed by atoms with Gasteiger partial charge in [-0.05, 0) is 6.42 Å². The van der Waals surface area contributed by atoms with Crippen LogP contribution in [-0.4, -0.2) is 82.0 Å². The summed E-state index contributed by atoms with van der Waals surface area (Å²) in [6, 6.07) is 0.238. The van der Waals surface area contributed by atoms with Gasteiger partial charge < -0.3 is 14.9 Å². The zero-order chi connectivity index (χ0) is 13.8. The van der Waals surface area contributed by atoms with Crippen LogP contribution in [0.5, 0.6) is 0 Å². The average molecular weight is 267 g/mol. The van der Waals surface area contributed by atoms with E-state index in [2.05, 4.69) is 4.90 Å². The standard InChI is InChI=1S/C13H21N3O3/c1-9(17)14-4-11-3-12(19)5-16(11)13(6-14)7-15(8-13)10(2)18/h11-12,19H,3-8H2,1-2H3/t11-,12-/m1/s1. The van der Waals surface area contributed by atoms with Gasteiger partial charge in [-0.2, -0.15) is 0 Å². The molecule has 2 atom stereocenters. The fourth-order valence-electron chi connectivity index (χ4n) is 3.82. The minimum Gasteiger partial charge on any atom is -0.392 e. The number of hydrogen-bond acceptors (Lipinski definition) is 4. The third-order valence-corrected chi connectivity index (χ3v) is 4.78. The van der Waals surface area contributed by atoms with Crippen molar-refractivity contribution in [1.82, 2.24) is 14.7 Å². The van der Waals surface area contributed by atoms with Crippen molar-refractivity contribution in [2.45, 2.75) is 38.0 Å². The largest absolute Gasteiger partial charge is 0.392 e. The monoisotopic (exact) mass is 267 g/mol. The molecule has 3 heterocycles. The number of carbonyl (C=O) groups excluding carboxylic acids is 2. The Morgan fingerprint density at radius 2 is 1.63 bits per heavy atom. The summed E-state index contributed by atoms with van der Waals surface area (Å²) >= 11 is 0. The van der Waals surface area contributed by atoms with E-state index in [9.17, 15) is 14.7 Å². The van der Waals surface area contributed by atoms with Gasteiger partial charge in [-0.15, -0.1) is 0 Å². The number of hydrogen-bond donors (Lipinski definition) is 1. The predicted octanol–water partition coefficient (Wildman–Crippen LogP) is -1.12. The van der Waals surface area contributed by atoms with Crippen LogP contribution in [0.15, 0.2) is 0 Å². The normalized spacial score (nSPS) is 33.2. The maximum atomic E-state index is 11.7. The smallest absolute Gasteiger partial charge is 0.219 e. The number of carbonyl (C=O) groups is 2. The molecule has 2 amide bonds. The molecule has 3 rings (SSSR count). The zero-order valence-electron chi connectivity index (χ0n) is 11.5. The molecule has 3 aliphatic heterocycles. The van der Waals surface area contributed by atoms with Crippen LogP contribution in [0.3, 0.4) is 0 Å². The molecule has 3 aliphatic rings. The number of amides is 2. The first kappa shape index (κ1) is 12.9. The second-order valence-electron chi connectivity index (χ2n) is 6.19. The van der Waals surface area contributed by atoms with E-state index < -0.39 is 0 Å². The molecule has 6 heteroatoms. The molecule has 1 N–H and O–H groups in total. The minimum absolute atomic E-state index is 0.0849. The van der Waals surface area contributed by atoms with Crippen molar-refractivity contribution in [2.75, 3.05) is 32.7 Å². The Bertz CT molecular complexity index is 419. The Hall–Kier alpha value is -1.14. The van der Waals surface area contributed by atoms with E-state index in [0.29, 0.717) is 32.7 Å². The van der Waals surface area contributed by atoms with E-state index in [-0.39, 0.29) is 29.5 Å². The van der Waals surface area contributed by atoms with Gasteiger partial charge >= 0.3 is 0 Å². The molecule has 106 valence electrons. The predicted molar refractivity (Wildman–Crippen MR) is 68.4 cm³/mol. The molecule has 3 fully saturated rings. The lowest BCUT2D eigenvalue weighted by atomic mass is 9.83. The SMILES string of the molecule is CC(=O)N1C[C@H]2C[C@@H](O)CN2C2(C1)CN(C(C)=O)C2. The average Bonchev–Trinajstić information content (AvgIpc) is 2.64. The van der Waals surface area contributed by atoms with Crippen molar-refractivity contribution >= 4 is 11.8 Å².